The lowest BCUT2D eigenvalue weighted by Gasteiger charge is -2.22. The van der Waals surface area contributed by atoms with Gasteiger partial charge in [-0.1, -0.05) is 0 Å². The van der Waals surface area contributed by atoms with Crippen LogP contribution in [0, 0.1) is 0 Å². The number of aryl methyl sites for hydroxylation is 1. The number of H-pyrrole nitrogens is 1. The minimum atomic E-state index is -2.88. The Morgan fingerprint density at radius 2 is 2.26 bits per heavy atom. The Balaban J connectivity index is 1.41. The molecule has 1 unspecified atom stereocenters. The van der Waals surface area contributed by atoms with Gasteiger partial charge in [0.25, 0.3) is 0 Å². The van der Waals surface area contributed by atoms with Crippen LogP contribution in [0.1, 0.15) is 36.2 Å². The number of hydrogen-bond acceptors (Lipinski definition) is 5. The first-order valence-corrected chi connectivity index (χ1v) is 9.99. The van der Waals surface area contributed by atoms with E-state index < -0.39 is 9.84 Å². The van der Waals surface area contributed by atoms with Crippen molar-refractivity contribution >= 4 is 15.7 Å². The fourth-order valence-corrected chi connectivity index (χ4v) is 5.19. The summed E-state index contributed by atoms with van der Waals surface area (Å²) in [7, 11) is -0.990. The fraction of sp³-hybridized carbons (Fsp3) is 0.733. The van der Waals surface area contributed by atoms with E-state index in [1.165, 1.54) is 11.3 Å². The third-order valence-electron chi connectivity index (χ3n) is 4.87. The van der Waals surface area contributed by atoms with E-state index in [1.807, 2.05) is 11.9 Å². The molecule has 1 aromatic rings. The Morgan fingerprint density at radius 1 is 1.43 bits per heavy atom. The number of nitrogens with one attached hydrogen (secondary N) is 2. The molecule has 0 saturated carbocycles. The smallest absolute Gasteiger partial charge is 0.221 e. The Kier molecular flexibility index (Phi) is 4.72. The SMILES string of the molecule is CN(CCC(=O)NCc1n[nH]c2c1CCC2)C1CCS(=O)(=O)C1. The van der Waals surface area contributed by atoms with Gasteiger partial charge in [-0.05, 0) is 38.3 Å². The van der Waals surface area contributed by atoms with E-state index >= 15 is 0 Å². The molecule has 0 radical (unpaired) electrons. The first-order chi connectivity index (χ1) is 10.9. The van der Waals surface area contributed by atoms with Crippen molar-refractivity contribution in [3.63, 3.8) is 0 Å². The average Bonchev–Trinajstić information content (AvgIpc) is 3.18. The highest BCUT2D eigenvalue weighted by Crippen LogP contribution is 2.22. The number of fused-ring (bicyclic) bond motifs is 1. The van der Waals surface area contributed by atoms with Crippen molar-refractivity contribution in [2.45, 2.75) is 44.7 Å². The van der Waals surface area contributed by atoms with Crippen molar-refractivity contribution < 1.29 is 13.2 Å². The number of aromatic amines is 1. The predicted molar refractivity (Wildman–Crippen MR) is 86.8 cm³/mol. The molecule has 128 valence electrons. The quantitative estimate of drug-likeness (QED) is 0.761. The van der Waals surface area contributed by atoms with E-state index in [1.54, 1.807) is 0 Å². The minimum Gasteiger partial charge on any atom is -0.350 e. The average molecular weight is 340 g/mol. The maximum absolute atomic E-state index is 12.0. The Morgan fingerprint density at radius 3 is 3.00 bits per heavy atom. The number of hydrogen-bond donors (Lipinski definition) is 2. The number of carbonyl (C=O) groups excluding carboxylic acids is 1. The Hall–Kier alpha value is -1.41. The van der Waals surface area contributed by atoms with Gasteiger partial charge >= 0.3 is 0 Å². The van der Waals surface area contributed by atoms with E-state index in [0.29, 0.717) is 25.9 Å². The van der Waals surface area contributed by atoms with Gasteiger partial charge in [-0.25, -0.2) is 8.42 Å². The van der Waals surface area contributed by atoms with Crippen molar-refractivity contribution in [3.8, 4) is 0 Å². The highest BCUT2D eigenvalue weighted by atomic mass is 32.2. The number of nitrogens with zero attached hydrogens (tertiary/aromatic N) is 2. The molecule has 1 saturated heterocycles. The first-order valence-electron chi connectivity index (χ1n) is 8.17. The highest BCUT2D eigenvalue weighted by Gasteiger charge is 2.30. The highest BCUT2D eigenvalue weighted by molar-refractivity contribution is 7.91. The lowest BCUT2D eigenvalue weighted by Crippen LogP contribution is -2.36. The molecule has 2 heterocycles. The second-order valence-corrected chi connectivity index (χ2v) is 8.77. The monoisotopic (exact) mass is 340 g/mol. The lowest BCUT2D eigenvalue weighted by molar-refractivity contribution is -0.121. The maximum atomic E-state index is 12.0. The van der Waals surface area contributed by atoms with Crippen LogP contribution in [0.15, 0.2) is 0 Å². The molecule has 1 aromatic heterocycles. The van der Waals surface area contributed by atoms with Gasteiger partial charge in [0.1, 0.15) is 0 Å². The minimum absolute atomic E-state index is 0.0209. The van der Waals surface area contributed by atoms with Crippen molar-refractivity contribution in [1.82, 2.24) is 20.4 Å². The summed E-state index contributed by atoms with van der Waals surface area (Å²) in [6, 6.07) is 0.0439. The zero-order valence-corrected chi connectivity index (χ0v) is 14.3. The second kappa shape index (κ2) is 6.60. The van der Waals surface area contributed by atoms with Crippen LogP contribution in [-0.4, -0.2) is 60.6 Å². The van der Waals surface area contributed by atoms with Gasteiger partial charge < -0.3 is 10.2 Å². The van der Waals surface area contributed by atoms with Crippen LogP contribution in [0.5, 0.6) is 0 Å². The molecule has 2 N–H and O–H groups in total. The molecule has 1 aliphatic heterocycles. The van der Waals surface area contributed by atoms with E-state index in [2.05, 4.69) is 15.5 Å². The van der Waals surface area contributed by atoms with Gasteiger partial charge in [0.15, 0.2) is 9.84 Å². The molecular formula is C15H24N4O3S. The van der Waals surface area contributed by atoms with Gasteiger partial charge in [0, 0.05) is 24.7 Å². The van der Waals surface area contributed by atoms with Gasteiger partial charge in [-0.3, -0.25) is 9.89 Å². The molecule has 1 atom stereocenters. The summed E-state index contributed by atoms with van der Waals surface area (Å²) in [5, 5.41) is 10.2. The molecule has 2 aliphatic rings. The molecule has 0 aromatic carbocycles. The number of aromatic nitrogens is 2. The summed E-state index contributed by atoms with van der Waals surface area (Å²) >= 11 is 0. The van der Waals surface area contributed by atoms with E-state index in [-0.39, 0.29) is 23.5 Å². The molecule has 1 fully saturated rings. The van der Waals surface area contributed by atoms with Gasteiger partial charge in [-0.15, -0.1) is 0 Å². The number of rotatable bonds is 6. The number of carbonyl (C=O) groups is 1. The topological polar surface area (TPSA) is 95.2 Å². The summed E-state index contributed by atoms with van der Waals surface area (Å²) in [6.45, 7) is 1.04. The van der Waals surface area contributed by atoms with Crippen molar-refractivity contribution in [2.75, 3.05) is 25.1 Å². The lowest BCUT2D eigenvalue weighted by atomic mass is 10.2. The molecular weight excluding hydrogens is 316 g/mol. The molecule has 1 aliphatic carbocycles. The Labute approximate surface area is 136 Å². The molecule has 0 bridgehead atoms. The Bertz CT molecular complexity index is 683. The van der Waals surface area contributed by atoms with Crippen LogP contribution in [0.2, 0.25) is 0 Å². The van der Waals surface area contributed by atoms with Crippen LogP contribution in [-0.2, 0) is 34.0 Å². The molecule has 7 nitrogen and oxygen atoms in total. The van der Waals surface area contributed by atoms with Crippen molar-refractivity contribution in [1.29, 1.82) is 0 Å². The summed E-state index contributed by atoms with van der Waals surface area (Å²) in [5.74, 6) is 0.454. The molecule has 8 heteroatoms. The normalized spacial score (nSPS) is 22.4. The molecule has 23 heavy (non-hydrogen) atoms. The molecule has 0 spiro atoms. The summed E-state index contributed by atoms with van der Waals surface area (Å²) in [5.41, 5.74) is 3.41. The zero-order chi connectivity index (χ0) is 16.4. The fourth-order valence-electron chi connectivity index (χ4n) is 3.39. The largest absolute Gasteiger partial charge is 0.350 e. The van der Waals surface area contributed by atoms with E-state index in [0.717, 1.165) is 25.0 Å². The number of sulfone groups is 1. The van der Waals surface area contributed by atoms with E-state index in [4.69, 9.17) is 0 Å². The van der Waals surface area contributed by atoms with Gasteiger partial charge in [0.2, 0.25) is 5.91 Å². The van der Waals surface area contributed by atoms with Crippen LogP contribution in [0.4, 0.5) is 0 Å². The molecule has 1 amide bonds. The second-order valence-electron chi connectivity index (χ2n) is 6.55. The van der Waals surface area contributed by atoms with Gasteiger partial charge in [-0.2, -0.15) is 5.10 Å². The van der Waals surface area contributed by atoms with Crippen molar-refractivity contribution in [3.05, 3.63) is 17.0 Å². The van der Waals surface area contributed by atoms with Crippen LogP contribution < -0.4 is 5.32 Å². The zero-order valence-electron chi connectivity index (χ0n) is 13.5. The van der Waals surface area contributed by atoms with Crippen LogP contribution in [0.25, 0.3) is 0 Å². The molecule has 3 rings (SSSR count). The van der Waals surface area contributed by atoms with Crippen LogP contribution >= 0.6 is 0 Å². The summed E-state index contributed by atoms with van der Waals surface area (Å²) in [6.07, 6.45) is 4.28. The predicted octanol–water partition coefficient (Wildman–Crippen LogP) is 0.0236. The number of amides is 1. The van der Waals surface area contributed by atoms with Gasteiger partial charge in [0.05, 0.1) is 23.7 Å². The third kappa shape index (κ3) is 3.92. The summed E-state index contributed by atoms with van der Waals surface area (Å²) in [4.78, 5) is 14.0. The maximum Gasteiger partial charge on any atom is 0.221 e. The standard InChI is InChI=1S/C15H24N4O3S/c1-19(11-6-8-23(21,22)10-11)7-5-15(20)16-9-14-12-3-2-4-13(12)17-18-14/h11H,2-10H2,1H3,(H,16,20)(H,17,18). The van der Waals surface area contributed by atoms with Crippen molar-refractivity contribution in [2.24, 2.45) is 0 Å². The van der Waals surface area contributed by atoms with Crippen LogP contribution in [0.3, 0.4) is 0 Å². The third-order valence-corrected chi connectivity index (χ3v) is 6.62. The van der Waals surface area contributed by atoms with E-state index in [9.17, 15) is 13.2 Å². The first kappa shape index (κ1) is 16.4. The summed E-state index contributed by atoms with van der Waals surface area (Å²) < 4.78 is 23.0.